The van der Waals surface area contributed by atoms with Crippen molar-refractivity contribution < 1.29 is 19.1 Å². The molecule has 220 valence electrons. The molecule has 0 aliphatic carbocycles. The summed E-state index contributed by atoms with van der Waals surface area (Å²) in [7, 11) is 1.45. The standard InChI is InChI=1S/C33H64O4/c1-5-7-9-11-13-15-17-19-20-22-24-26-28-31(33(35)36-4)32(37-30(3)34)29-27-25-23-21-18-16-14-12-10-8-6-2/h31-32H,5-29H2,1-4H3. The van der Waals surface area contributed by atoms with E-state index in [0.29, 0.717) is 0 Å². The van der Waals surface area contributed by atoms with Crippen molar-refractivity contribution in [1.29, 1.82) is 0 Å². The Hall–Kier alpha value is -1.06. The normalized spacial score (nSPS) is 12.9. The second-order valence-electron chi connectivity index (χ2n) is 11.3. The lowest BCUT2D eigenvalue weighted by Gasteiger charge is -2.25. The highest BCUT2D eigenvalue weighted by atomic mass is 16.6. The topological polar surface area (TPSA) is 52.6 Å². The van der Waals surface area contributed by atoms with Crippen LogP contribution in [0.5, 0.6) is 0 Å². The van der Waals surface area contributed by atoms with E-state index in [0.717, 1.165) is 38.5 Å². The van der Waals surface area contributed by atoms with Crippen molar-refractivity contribution in [3.05, 3.63) is 0 Å². The molecule has 0 aromatic heterocycles. The Kier molecular flexibility index (Phi) is 27.2. The summed E-state index contributed by atoms with van der Waals surface area (Å²) in [4.78, 5) is 24.3. The van der Waals surface area contributed by atoms with Crippen LogP contribution in [0.4, 0.5) is 0 Å². The van der Waals surface area contributed by atoms with Gasteiger partial charge in [-0.25, -0.2) is 0 Å². The van der Waals surface area contributed by atoms with Gasteiger partial charge in [0.1, 0.15) is 6.10 Å². The lowest BCUT2D eigenvalue weighted by atomic mass is 9.91. The zero-order valence-corrected chi connectivity index (χ0v) is 25.5. The van der Waals surface area contributed by atoms with E-state index >= 15 is 0 Å². The number of carbonyl (C=O) groups excluding carboxylic acids is 2. The molecule has 0 rings (SSSR count). The van der Waals surface area contributed by atoms with Crippen LogP contribution in [0.3, 0.4) is 0 Å². The smallest absolute Gasteiger partial charge is 0.312 e. The van der Waals surface area contributed by atoms with E-state index < -0.39 is 0 Å². The molecule has 0 aromatic rings. The quantitative estimate of drug-likeness (QED) is 0.0754. The number of hydrogen-bond acceptors (Lipinski definition) is 4. The Balaban J connectivity index is 4.14. The maximum absolute atomic E-state index is 12.6. The maximum atomic E-state index is 12.6. The molecule has 4 heteroatoms. The second kappa shape index (κ2) is 28.0. The van der Waals surface area contributed by atoms with Gasteiger partial charge >= 0.3 is 11.9 Å². The minimum absolute atomic E-state index is 0.225. The van der Waals surface area contributed by atoms with Gasteiger partial charge in [-0.05, 0) is 19.3 Å². The van der Waals surface area contributed by atoms with E-state index in [1.165, 1.54) is 136 Å². The van der Waals surface area contributed by atoms with Crippen molar-refractivity contribution >= 4 is 11.9 Å². The fourth-order valence-corrected chi connectivity index (χ4v) is 5.38. The molecule has 0 aromatic carbocycles. The summed E-state index contributed by atoms with van der Waals surface area (Å²) in [5.41, 5.74) is 0. The highest BCUT2D eigenvalue weighted by molar-refractivity contribution is 5.74. The van der Waals surface area contributed by atoms with Crippen molar-refractivity contribution in [3.63, 3.8) is 0 Å². The van der Waals surface area contributed by atoms with Gasteiger partial charge < -0.3 is 9.47 Å². The number of unbranched alkanes of at least 4 members (excludes halogenated alkanes) is 21. The molecule has 0 saturated heterocycles. The Morgan fingerprint density at radius 2 is 0.838 bits per heavy atom. The Morgan fingerprint density at radius 3 is 1.16 bits per heavy atom. The van der Waals surface area contributed by atoms with Gasteiger partial charge in [-0.15, -0.1) is 0 Å². The van der Waals surface area contributed by atoms with Crippen LogP contribution in [-0.4, -0.2) is 25.2 Å². The van der Waals surface area contributed by atoms with E-state index in [1.54, 1.807) is 0 Å². The highest BCUT2D eigenvalue weighted by Crippen LogP contribution is 2.24. The van der Waals surface area contributed by atoms with Gasteiger partial charge in [0.05, 0.1) is 13.0 Å². The minimum atomic E-state index is -0.351. The molecule has 2 unspecified atom stereocenters. The summed E-state index contributed by atoms with van der Waals surface area (Å²) in [6, 6.07) is 0. The van der Waals surface area contributed by atoms with E-state index in [-0.39, 0.29) is 24.0 Å². The average Bonchev–Trinajstić information content (AvgIpc) is 2.88. The molecule has 0 aliphatic heterocycles. The van der Waals surface area contributed by atoms with Gasteiger partial charge in [-0.1, -0.05) is 155 Å². The first kappa shape index (κ1) is 35.9. The first-order chi connectivity index (χ1) is 18.1. The molecule has 0 radical (unpaired) electrons. The van der Waals surface area contributed by atoms with Crippen molar-refractivity contribution in [2.75, 3.05) is 7.11 Å². The van der Waals surface area contributed by atoms with Crippen molar-refractivity contribution in [1.82, 2.24) is 0 Å². The molecule has 0 spiro atoms. The first-order valence-electron chi connectivity index (χ1n) is 16.3. The largest absolute Gasteiger partial charge is 0.469 e. The molecule has 2 atom stereocenters. The van der Waals surface area contributed by atoms with Crippen LogP contribution in [0, 0.1) is 5.92 Å². The molecule has 0 aliphatic rings. The van der Waals surface area contributed by atoms with Crippen LogP contribution < -0.4 is 0 Å². The maximum Gasteiger partial charge on any atom is 0.312 e. The molecule has 37 heavy (non-hydrogen) atoms. The van der Waals surface area contributed by atoms with Gasteiger partial charge in [0.15, 0.2) is 0 Å². The summed E-state index contributed by atoms with van der Waals surface area (Å²) in [5, 5.41) is 0. The molecule has 0 N–H and O–H groups in total. The number of esters is 2. The molecule has 0 bridgehead atoms. The van der Waals surface area contributed by atoms with E-state index in [2.05, 4.69) is 13.8 Å². The van der Waals surface area contributed by atoms with Crippen LogP contribution in [0.1, 0.15) is 181 Å². The second-order valence-corrected chi connectivity index (χ2v) is 11.3. The van der Waals surface area contributed by atoms with Gasteiger partial charge in [-0.2, -0.15) is 0 Å². The third-order valence-corrected chi connectivity index (χ3v) is 7.73. The number of carbonyl (C=O) groups is 2. The van der Waals surface area contributed by atoms with Crippen LogP contribution in [0.25, 0.3) is 0 Å². The van der Waals surface area contributed by atoms with E-state index in [4.69, 9.17) is 9.47 Å². The average molecular weight is 525 g/mol. The Bertz CT molecular complexity index is 505. The van der Waals surface area contributed by atoms with Crippen LogP contribution in [0.15, 0.2) is 0 Å². The molecule has 4 nitrogen and oxygen atoms in total. The van der Waals surface area contributed by atoms with Gasteiger partial charge in [0.25, 0.3) is 0 Å². The SMILES string of the molecule is CCCCCCCCCCCCCCC(C(=O)OC)C(CCCCCCCCCCCCC)OC(C)=O. The number of hydrogen-bond donors (Lipinski definition) is 0. The van der Waals surface area contributed by atoms with Gasteiger partial charge in [-0.3, -0.25) is 9.59 Å². The van der Waals surface area contributed by atoms with Crippen molar-refractivity contribution in [2.24, 2.45) is 5.92 Å². The summed E-state index contributed by atoms with van der Waals surface area (Å²) < 4.78 is 10.8. The zero-order valence-electron chi connectivity index (χ0n) is 25.5. The fourth-order valence-electron chi connectivity index (χ4n) is 5.38. The van der Waals surface area contributed by atoms with E-state index in [1.807, 2.05) is 0 Å². The monoisotopic (exact) mass is 524 g/mol. The zero-order chi connectivity index (χ0) is 27.4. The molecule has 0 fully saturated rings. The lowest BCUT2D eigenvalue weighted by molar-refractivity contribution is -0.160. The predicted molar refractivity (Wildman–Crippen MR) is 158 cm³/mol. The van der Waals surface area contributed by atoms with Gasteiger partial charge in [0.2, 0.25) is 0 Å². The van der Waals surface area contributed by atoms with Crippen LogP contribution >= 0.6 is 0 Å². The summed E-state index contributed by atoms with van der Waals surface area (Å²) in [6.45, 7) is 5.98. The lowest BCUT2D eigenvalue weighted by Crippen LogP contribution is -2.33. The molecule has 0 saturated carbocycles. The number of rotatable bonds is 28. The molecule has 0 amide bonds. The molecule has 0 heterocycles. The number of ether oxygens (including phenoxy) is 2. The van der Waals surface area contributed by atoms with Crippen molar-refractivity contribution in [3.8, 4) is 0 Å². The van der Waals surface area contributed by atoms with E-state index in [9.17, 15) is 9.59 Å². The van der Waals surface area contributed by atoms with Crippen LogP contribution in [0.2, 0.25) is 0 Å². The minimum Gasteiger partial charge on any atom is -0.469 e. The molecular weight excluding hydrogens is 460 g/mol. The first-order valence-corrected chi connectivity index (χ1v) is 16.3. The highest BCUT2D eigenvalue weighted by Gasteiger charge is 2.30. The Labute approximate surface area is 231 Å². The fraction of sp³-hybridized carbons (Fsp3) is 0.939. The predicted octanol–water partition coefficient (Wildman–Crippen LogP) is 10.5. The Morgan fingerprint density at radius 1 is 0.514 bits per heavy atom. The third kappa shape index (κ3) is 23.8. The molecular formula is C33H64O4. The van der Waals surface area contributed by atoms with Crippen molar-refractivity contribution in [2.45, 2.75) is 187 Å². The summed E-state index contributed by atoms with van der Waals surface area (Å²) in [5.74, 6) is -0.853. The van der Waals surface area contributed by atoms with Crippen LogP contribution in [-0.2, 0) is 19.1 Å². The van der Waals surface area contributed by atoms with Gasteiger partial charge in [0, 0.05) is 6.92 Å². The summed E-state index contributed by atoms with van der Waals surface area (Å²) in [6.07, 6.45) is 30.8. The number of methoxy groups -OCH3 is 1. The third-order valence-electron chi connectivity index (χ3n) is 7.73. The summed E-state index contributed by atoms with van der Waals surface area (Å²) >= 11 is 0.